The molecule has 0 saturated carbocycles. The lowest BCUT2D eigenvalue weighted by molar-refractivity contribution is 0.370. The normalized spacial score (nSPS) is 13.5. The zero-order chi connectivity index (χ0) is 47.8. The molecule has 0 amide bonds. The van der Waals surface area contributed by atoms with Gasteiger partial charge in [0.1, 0.15) is 24.7 Å². The van der Waals surface area contributed by atoms with Crippen molar-refractivity contribution in [2.75, 3.05) is 13.2 Å². The number of hydrogen-bond acceptors (Lipinski definition) is 2. The Morgan fingerprint density at radius 3 is 1.04 bits per heavy atom. The second kappa shape index (κ2) is 18.4. The summed E-state index contributed by atoms with van der Waals surface area (Å²) in [5.74, 6) is 13.5. The van der Waals surface area contributed by atoms with Crippen LogP contribution in [0.3, 0.4) is 0 Å². The van der Waals surface area contributed by atoms with E-state index in [1.807, 2.05) is 13.8 Å². The lowest BCUT2D eigenvalue weighted by atomic mass is 9.59. The number of ether oxygens (including phenoxy) is 2. The van der Waals surface area contributed by atoms with E-state index in [1.165, 1.54) is 88.7 Å². The fourth-order valence-corrected chi connectivity index (χ4v) is 11.9. The second-order valence-corrected chi connectivity index (χ2v) is 18.9. The lowest BCUT2D eigenvalue weighted by Crippen LogP contribution is -2.36. The van der Waals surface area contributed by atoms with Crippen molar-refractivity contribution in [2.24, 2.45) is 0 Å². The first kappa shape index (κ1) is 43.7. The van der Waals surface area contributed by atoms with Crippen LogP contribution < -0.4 is 9.47 Å². The van der Waals surface area contributed by atoms with Gasteiger partial charge in [0.2, 0.25) is 0 Å². The maximum Gasteiger partial charge on any atom is 0.149 e. The van der Waals surface area contributed by atoms with E-state index in [4.69, 9.17) is 9.47 Å². The van der Waals surface area contributed by atoms with Crippen molar-refractivity contribution in [3.05, 3.63) is 296 Å². The summed E-state index contributed by atoms with van der Waals surface area (Å²) in [6.45, 7) is 4.43. The van der Waals surface area contributed by atoms with Crippen LogP contribution >= 0.6 is 0 Å². The van der Waals surface area contributed by atoms with E-state index < -0.39 is 10.8 Å². The van der Waals surface area contributed by atoms with Gasteiger partial charge < -0.3 is 9.47 Å². The minimum absolute atomic E-state index is 0.378. The molecule has 0 N–H and O–H groups in total. The molecule has 2 aliphatic carbocycles. The smallest absolute Gasteiger partial charge is 0.149 e. The third-order valence-corrected chi connectivity index (χ3v) is 15.1. The van der Waals surface area contributed by atoms with Crippen molar-refractivity contribution < 1.29 is 9.47 Å². The van der Waals surface area contributed by atoms with Gasteiger partial charge in [-0.3, -0.25) is 0 Å². The molecule has 2 heteroatoms. The molecule has 0 bridgehead atoms. The third-order valence-electron chi connectivity index (χ3n) is 15.1. The highest BCUT2D eigenvalue weighted by molar-refractivity contribution is 5.87. The van der Waals surface area contributed by atoms with Crippen LogP contribution in [0, 0.1) is 23.7 Å². The van der Waals surface area contributed by atoms with Gasteiger partial charge in [-0.2, -0.15) is 0 Å². The summed E-state index contributed by atoms with van der Waals surface area (Å²) >= 11 is 0. The molecule has 0 aromatic heterocycles. The van der Waals surface area contributed by atoms with Crippen LogP contribution in [0.4, 0.5) is 0 Å². The molecular formula is C69H52O2. The van der Waals surface area contributed by atoms with Crippen LogP contribution in [-0.2, 0) is 30.1 Å². The van der Waals surface area contributed by atoms with E-state index in [1.54, 1.807) is 0 Å². The van der Waals surface area contributed by atoms with E-state index in [0.29, 0.717) is 13.2 Å². The van der Waals surface area contributed by atoms with Crippen molar-refractivity contribution in [2.45, 2.75) is 43.9 Å². The average Bonchev–Trinajstić information content (AvgIpc) is 3.42. The Balaban J connectivity index is 0.928. The van der Waals surface area contributed by atoms with E-state index >= 15 is 0 Å². The standard InChI is InChI=1S/C69H52O2/c1-3-5-39-70-62-37-29-50-44-60(35-27-52(50)46-62)68(64-19-11-7-15-54(64)42-55-16-8-12-20-65(55)68)58-31-23-48(24-32-58)41-49-25-33-59(34-26-49)69(66-21-13-9-17-56(66)43-57-18-10-14-22-67(57)69)61-36-28-53-47-63(71-40-6-4-2)38-30-51(53)45-61/h7-38,44-47H,39-43H2,1-2H3. The summed E-state index contributed by atoms with van der Waals surface area (Å²) in [5, 5.41) is 4.64. The Morgan fingerprint density at radius 1 is 0.352 bits per heavy atom. The highest BCUT2D eigenvalue weighted by atomic mass is 16.5. The molecule has 0 saturated heterocycles. The van der Waals surface area contributed by atoms with E-state index in [-0.39, 0.29) is 0 Å². The van der Waals surface area contributed by atoms with Crippen molar-refractivity contribution in [1.29, 1.82) is 0 Å². The first-order valence-electron chi connectivity index (χ1n) is 24.7. The van der Waals surface area contributed by atoms with Crippen molar-refractivity contribution in [3.8, 4) is 35.2 Å². The van der Waals surface area contributed by atoms with Gasteiger partial charge in [-0.1, -0.05) is 194 Å². The summed E-state index contributed by atoms with van der Waals surface area (Å²) in [6, 6.07) is 81.9. The maximum atomic E-state index is 5.97. The largest absolute Gasteiger partial charge is 0.481 e. The highest BCUT2D eigenvalue weighted by Gasteiger charge is 2.45. The minimum Gasteiger partial charge on any atom is -0.481 e. The Hall–Kier alpha value is -8.56. The molecule has 0 atom stereocenters. The lowest BCUT2D eigenvalue weighted by Gasteiger charge is -2.42. The molecule has 0 spiro atoms. The first-order valence-corrected chi connectivity index (χ1v) is 24.7. The van der Waals surface area contributed by atoms with Gasteiger partial charge in [0.15, 0.2) is 0 Å². The predicted molar refractivity (Wildman–Crippen MR) is 291 cm³/mol. The van der Waals surface area contributed by atoms with Crippen molar-refractivity contribution in [3.63, 3.8) is 0 Å². The molecule has 71 heavy (non-hydrogen) atoms. The van der Waals surface area contributed by atoms with Gasteiger partial charge >= 0.3 is 0 Å². The summed E-state index contributed by atoms with van der Waals surface area (Å²) in [5.41, 5.74) is 17.3. The number of benzene rings is 10. The van der Waals surface area contributed by atoms with Crippen molar-refractivity contribution >= 4 is 21.5 Å². The molecule has 10 aromatic carbocycles. The van der Waals surface area contributed by atoms with E-state index in [2.05, 4.69) is 242 Å². The van der Waals surface area contributed by atoms with Crippen LogP contribution in [0.15, 0.2) is 218 Å². The second-order valence-electron chi connectivity index (χ2n) is 18.9. The molecule has 2 aliphatic rings. The van der Waals surface area contributed by atoms with Gasteiger partial charge in [-0.05, 0) is 169 Å². The third kappa shape index (κ3) is 7.56. The molecule has 0 fully saturated rings. The molecule has 0 unspecified atom stereocenters. The zero-order valence-electron chi connectivity index (χ0n) is 40.1. The quantitative estimate of drug-likeness (QED) is 0.127. The molecule has 0 radical (unpaired) electrons. The monoisotopic (exact) mass is 912 g/mol. The van der Waals surface area contributed by atoms with Crippen molar-refractivity contribution in [1.82, 2.24) is 0 Å². The Labute approximate surface area is 417 Å². The van der Waals surface area contributed by atoms with Gasteiger partial charge in [-0.25, -0.2) is 0 Å². The highest BCUT2D eigenvalue weighted by Crippen LogP contribution is 2.53. The van der Waals surface area contributed by atoms with Gasteiger partial charge in [-0.15, -0.1) is 11.8 Å². The molecule has 0 aliphatic heterocycles. The van der Waals surface area contributed by atoms with Crippen LogP contribution in [0.5, 0.6) is 11.5 Å². The van der Waals surface area contributed by atoms with E-state index in [0.717, 1.165) is 41.5 Å². The molecule has 12 rings (SSSR count). The van der Waals surface area contributed by atoms with Crippen LogP contribution in [-0.4, -0.2) is 13.2 Å². The van der Waals surface area contributed by atoms with Crippen LogP contribution in [0.25, 0.3) is 21.5 Å². The maximum absolute atomic E-state index is 5.97. The van der Waals surface area contributed by atoms with Gasteiger partial charge in [0, 0.05) is 0 Å². The Morgan fingerprint density at radius 2 is 0.676 bits per heavy atom. The molecule has 0 heterocycles. The number of fused-ring (bicyclic) bond motifs is 6. The first-order chi connectivity index (χ1) is 35.1. The number of rotatable bonds is 10. The molecule has 2 nitrogen and oxygen atoms in total. The summed E-state index contributed by atoms with van der Waals surface area (Å²) in [7, 11) is 0. The summed E-state index contributed by atoms with van der Waals surface area (Å²) in [6.07, 6.45) is 2.62. The number of hydrogen-bond donors (Lipinski definition) is 0. The van der Waals surface area contributed by atoms with Crippen LogP contribution in [0.2, 0.25) is 0 Å². The van der Waals surface area contributed by atoms with Gasteiger partial charge in [0.25, 0.3) is 0 Å². The SMILES string of the molecule is CC#CCOc1ccc2cc(C3(c4ccc(Cc5ccc(C6(c7ccc8cc(OCC#CC)ccc8c7)c7ccccc7Cc7ccccc76)cc5)cc4)c4ccccc4Cc4ccccc43)ccc2c1. The topological polar surface area (TPSA) is 18.5 Å². The summed E-state index contributed by atoms with van der Waals surface area (Å²) in [4.78, 5) is 0. The fourth-order valence-electron chi connectivity index (χ4n) is 11.9. The fraction of sp³-hybridized carbons (Fsp3) is 0.130. The summed E-state index contributed by atoms with van der Waals surface area (Å²) < 4.78 is 11.9. The molecule has 340 valence electrons. The molecular weight excluding hydrogens is 861 g/mol. The minimum atomic E-state index is -0.519. The van der Waals surface area contributed by atoms with Gasteiger partial charge in [0.05, 0.1) is 10.8 Å². The average molecular weight is 913 g/mol. The Kier molecular flexibility index (Phi) is 11.3. The van der Waals surface area contributed by atoms with Crippen LogP contribution in [0.1, 0.15) is 91.7 Å². The zero-order valence-corrected chi connectivity index (χ0v) is 40.1. The van der Waals surface area contributed by atoms with E-state index in [9.17, 15) is 0 Å². The molecule has 10 aromatic rings. The predicted octanol–water partition coefficient (Wildman–Crippen LogP) is 15.0. The Bertz CT molecular complexity index is 3440.